The molecule has 0 aliphatic heterocycles. The van der Waals surface area contributed by atoms with Crippen molar-refractivity contribution < 1.29 is 44.9 Å². The predicted octanol–water partition coefficient (Wildman–Crippen LogP) is -3.24. The van der Waals surface area contributed by atoms with E-state index in [1.807, 2.05) is 0 Å². The van der Waals surface area contributed by atoms with Crippen molar-refractivity contribution in [2.45, 2.75) is 6.92 Å². The molecule has 42 valence electrons. The number of nitrogens with one attached hydrogen (secondary N) is 1. The van der Waals surface area contributed by atoms with Crippen LogP contribution in [0.25, 0.3) is 0 Å². The van der Waals surface area contributed by atoms with E-state index in [1.165, 1.54) is 0 Å². The standard InChI is InChI=1S/C2H7N3O2.Na/c1-2-3-5(7)4-6;/h3,7H,2H2,1H3;/q;+1/p+1. The summed E-state index contributed by atoms with van der Waals surface area (Å²) < 4.78 is 0. The van der Waals surface area contributed by atoms with Crippen LogP contribution < -0.4 is 35.0 Å². The van der Waals surface area contributed by atoms with Crippen molar-refractivity contribution in [1.82, 2.24) is 5.43 Å². The van der Waals surface area contributed by atoms with E-state index in [-0.39, 0.29) is 34.5 Å². The second-order valence-corrected chi connectivity index (χ2v) is 0.891. The molecule has 0 aliphatic rings. The summed E-state index contributed by atoms with van der Waals surface area (Å²) >= 11 is 0. The van der Waals surface area contributed by atoms with Gasteiger partial charge < -0.3 is 5.21 Å². The summed E-state index contributed by atoms with van der Waals surface area (Å²) in [5.41, 5.74) is 2.27. The molecular formula is C2H8N3NaO2+2. The first-order valence-corrected chi connectivity index (χ1v) is 1.88. The maximum Gasteiger partial charge on any atom is 1.00 e. The van der Waals surface area contributed by atoms with Gasteiger partial charge in [-0.1, -0.05) is 0 Å². The molecule has 0 unspecified atom stereocenters. The van der Waals surface area contributed by atoms with E-state index >= 15 is 0 Å². The first-order valence-electron chi connectivity index (χ1n) is 1.88. The first-order chi connectivity index (χ1) is 3.31. The van der Waals surface area contributed by atoms with Crippen molar-refractivity contribution >= 4 is 0 Å². The van der Waals surface area contributed by atoms with Gasteiger partial charge in [0.05, 0.1) is 6.54 Å². The second-order valence-electron chi connectivity index (χ2n) is 0.891. The molecule has 0 aromatic carbocycles. The molecule has 0 bridgehead atoms. The molecular weight excluding hydrogens is 121 g/mol. The van der Waals surface area contributed by atoms with E-state index in [4.69, 9.17) is 10.4 Å². The van der Waals surface area contributed by atoms with E-state index in [1.54, 1.807) is 6.92 Å². The monoisotopic (exact) mass is 129 g/mol. The molecule has 0 saturated carbocycles. The fraction of sp³-hybridized carbons (Fsp3) is 1.00. The molecule has 0 saturated heterocycles. The number of hydrogen-bond acceptors (Lipinski definition) is 1. The van der Waals surface area contributed by atoms with Gasteiger partial charge in [0.25, 0.3) is 10.2 Å². The van der Waals surface area contributed by atoms with Crippen LogP contribution in [0.2, 0.25) is 0 Å². The molecule has 8 heavy (non-hydrogen) atoms. The third kappa shape index (κ3) is 6.00. The summed E-state index contributed by atoms with van der Waals surface area (Å²) in [5.74, 6) is 0. The Labute approximate surface area is 69.2 Å². The molecule has 0 aromatic heterocycles. The Bertz CT molecular complexity index is 75.7. The van der Waals surface area contributed by atoms with Gasteiger partial charge in [0.2, 0.25) is 0 Å². The summed E-state index contributed by atoms with van der Waals surface area (Å²) in [4.78, 5) is 0.236. The molecule has 0 fully saturated rings. The van der Waals surface area contributed by atoms with Gasteiger partial charge in [-0.25, -0.2) is 5.21 Å². The van der Waals surface area contributed by atoms with Crippen molar-refractivity contribution in [2.75, 3.05) is 6.54 Å². The van der Waals surface area contributed by atoms with Gasteiger partial charge in [0.1, 0.15) is 0 Å². The number of nitrogens with zero attached hydrogens (tertiary/aromatic N) is 2. The normalized spacial score (nSPS) is 9.88. The predicted molar refractivity (Wildman–Crippen MR) is 19.9 cm³/mol. The fourth-order valence-corrected chi connectivity index (χ4v) is 0.173. The Morgan fingerprint density at radius 1 is 1.75 bits per heavy atom. The van der Waals surface area contributed by atoms with Crippen molar-refractivity contribution in [3.63, 3.8) is 0 Å². The minimum absolute atomic E-state index is 0. The van der Waals surface area contributed by atoms with Crippen LogP contribution >= 0.6 is 0 Å². The van der Waals surface area contributed by atoms with E-state index in [0.717, 1.165) is 0 Å². The van der Waals surface area contributed by atoms with Gasteiger partial charge in [-0.05, 0) is 6.92 Å². The maximum absolute atomic E-state index is 8.16. The van der Waals surface area contributed by atoms with Crippen LogP contribution in [-0.2, 0) is 0 Å². The Hall–Kier alpha value is 0. The molecule has 0 spiro atoms. The summed E-state index contributed by atoms with van der Waals surface area (Å²) in [6.45, 7) is 2.27. The van der Waals surface area contributed by atoms with Gasteiger partial charge in [0.15, 0.2) is 0 Å². The zero-order chi connectivity index (χ0) is 5.70. The first kappa shape index (κ1) is 10.9. The minimum atomic E-state index is 0. The second kappa shape index (κ2) is 7.00. The van der Waals surface area contributed by atoms with Crippen LogP contribution in [0.1, 0.15) is 6.92 Å². The Balaban J connectivity index is 0. The van der Waals surface area contributed by atoms with Crippen LogP contribution in [0.15, 0.2) is 5.28 Å². The van der Waals surface area contributed by atoms with Gasteiger partial charge in [-0.3, -0.25) is 0 Å². The Kier molecular flexibility index (Phi) is 9.53. The van der Waals surface area contributed by atoms with Crippen molar-refractivity contribution in [3.05, 3.63) is 0 Å². The molecule has 3 N–H and O–H groups in total. The number of rotatable bonds is 2. The molecule has 6 heteroatoms. The number of hydrogen-bond donors (Lipinski definition) is 3. The minimum Gasteiger partial charge on any atom is -0.357 e. The van der Waals surface area contributed by atoms with Crippen LogP contribution in [0.5, 0.6) is 0 Å². The van der Waals surface area contributed by atoms with Crippen LogP contribution in [0, 0.1) is 0 Å². The van der Waals surface area contributed by atoms with Crippen LogP contribution in [-0.4, -0.2) is 21.9 Å². The number of hydrazine groups is 1. The largest absolute Gasteiger partial charge is 1.00 e. The quantitative estimate of drug-likeness (QED) is 0.159. The molecule has 5 nitrogen and oxygen atoms in total. The van der Waals surface area contributed by atoms with Gasteiger partial charge >= 0.3 is 29.6 Å². The smallest absolute Gasteiger partial charge is 0.357 e. The van der Waals surface area contributed by atoms with E-state index in [2.05, 4.69) is 10.7 Å². The van der Waals surface area contributed by atoms with E-state index in [0.29, 0.717) is 6.54 Å². The third-order valence-corrected chi connectivity index (χ3v) is 0.384. The topological polar surface area (TPSA) is 67.9 Å². The zero-order valence-electron chi connectivity index (χ0n) is 5.00. The van der Waals surface area contributed by atoms with Gasteiger partial charge in [0, 0.05) is 0 Å². The third-order valence-electron chi connectivity index (χ3n) is 0.384. The maximum atomic E-state index is 8.16. The molecule has 0 aromatic rings. The van der Waals surface area contributed by atoms with Crippen molar-refractivity contribution in [3.8, 4) is 0 Å². The summed E-state index contributed by atoms with van der Waals surface area (Å²) in [6, 6.07) is 0. The SMILES string of the molecule is CCN[N+](O)=NO.[Na+]. The van der Waals surface area contributed by atoms with Crippen molar-refractivity contribution in [1.29, 1.82) is 0 Å². The summed E-state index contributed by atoms with van der Waals surface area (Å²) in [5, 5.41) is 18.2. The van der Waals surface area contributed by atoms with Crippen LogP contribution in [0.4, 0.5) is 0 Å². The van der Waals surface area contributed by atoms with E-state index in [9.17, 15) is 0 Å². The Morgan fingerprint density at radius 3 is 2.38 bits per heavy atom. The van der Waals surface area contributed by atoms with Crippen molar-refractivity contribution in [2.24, 2.45) is 5.28 Å². The summed E-state index contributed by atoms with van der Waals surface area (Å²) in [7, 11) is 0. The molecule has 0 heterocycles. The van der Waals surface area contributed by atoms with Crippen LogP contribution in [0.3, 0.4) is 0 Å². The molecule has 0 rings (SSSR count). The molecule has 0 atom stereocenters. The van der Waals surface area contributed by atoms with E-state index < -0.39 is 0 Å². The molecule has 0 amide bonds. The Morgan fingerprint density at radius 2 is 2.25 bits per heavy atom. The average molecular weight is 129 g/mol. The fourth-order valence-electron chi connectivity index (χ4n) is 0.173. The molecule has 0 aliphatic carbocycles. The zero-order valence-corrected chi connectivity index (χ0v) is 7.00. The summed E-state index contributed by atoms with van der Waals surface area (Å²) in [6.07, 6.45) is 0. The average Bonchev–Trinajstić information content (AvgIpc) is 1.68. The molecule has 0 radical (unpaired) electrons. The van der Waals surface area contributed by atoms with Gasteiger partial charge in [-0.15, -0.1) is 5.43 Å². The van der Waals surface area contributed by atoms with Gasteiger partial charge in [-0.2, -0.15) is 0 Å².